The first kappa shape index (κ1) is 16.2. The molecule has 122 valence electrons. The Hall–Kier alpha value is -1.70. The minimum Gasteiger partial charge on any atom is -0.508 e. The van der Waals surface area contributed by atoms with Crippen molar-refractivity contribution < 1.29 is 13.5 Å². The molecule has 1 aliphatic heterocycles. The van der Waals surface area contributed by atoms with Crippen LogP contribution in [0.1, 0.15) is 16.8 Å². The van der Waals surface area contributed by atoms with Crippen LogP contribution in [0.3, 0.4) is 0 Å². The Balaban J connectivity index is 1.78. The van der Waals surface area contributed by atoms with Crippen molar-refractivity contribution in [2.45, 2.75) is 24.7 Å². The zero-order chi connectivity index (χ0) is 16.6. The second kappa shape index (κ2) is 6.07. The molecule has 6 nitrogen and oxygen atoms in total. The number of aromatic nitrogens is 2. The minimum absolute atomic E-state index is 0.119. The van der Waals surface area contributed by atoms with Crippen molar-refractivity contribution in [2.75, 3.05) is 12.8 Å². The Morgan fingerprint density at radius 1 is 1.39 bits per heavy atom. The Kier molecular flexibility index (Phi) is 4.27. The number of aromatic hydroxyl groups is 1. The first-order valence-electron chi connectivity index (χ1n) is 7.07. The van der Waals surface area contributed by atoms with Gasteiger partial charge in [-0.1, -0.05) is 17.7 Å². The van der Waals surface area contributed by atoms with Gasteiger partial charge in [0.15, 0.2) is 0 Å². The van der Waals surface area contributed by atoms with Crippen molar-refractivity contribution >= 4 is 21.4 Å². The summed E-state index contributed by atoms with van der Waals surface area (Å²) in [7, 11) is -3.39. The van der Waals surface area contributed by atoms with Gasteiger partial charge in [-0.2, -0.15) is 0 Å². The van der Waals surface area contributed by atoms with Gasteiger partial charge in [0.1, 0.15) is 5.75 Å². The van der Waals surface area contributed by atoms with E-state index in [1.165, 1.54) is 6.07 Å². The van der Waals surface area contributed by atoms with Gasteiger partial charge < -0.3 is 5.11 Å². The Morgan fingerprint density at radius 3 is 2.87 bits per heavy atom. The molecular weight excluding hydrogens is 338 g/mol. The maximum Gasteiger partial charge on any atom is 0.246 e. The molecule has 3 rings (SSSR count). The van der Waals surface area contributed by atoms with Crippen LogP contribution in [0, 0.1) is 0 Å². The van der Waals surface area contributed by atoms with Gasteiger partial charge in [0.05, 0.1) is 5.69 Å². The largest absolute Gasteiger partial charge is 0.508 e. The van der Waals surface area contributed by atoms with Gasteiger partial charge in [-0.3, -0.25) is 4.90 Å². The highest BCUT2D eigenvalue weighted by Crippen LogP contribution is 2.25. The predicted molar refractivity (Wildman–Crippen MR) is 86.1 cm³/mol. The van der Waals surface area contributed by atoms with Crippen molar-refractivity contribution in [3.63, 3.8) is 0 Å². The molecular formula is C15H16ClN3O3S. The molecule has 23 heavy (non-hydrogen) atoms. The highest BCUT2D eigenvalue weighted by Gasteiger charge is 2.21. The van der Waals surface area contributed by atoms with E-state index in [2.05, 4.69) is 14.9 Å². The summed E-state index contributed by atoms with van der Waals surface area (Å²) in [5, 5.41) is 9.81. The van der Waals surface area contributed by atoms with E-state index < -0.39 is 9.84 Å². The fourth-order valence-electron chi connectivity index (χ4n) is 2.58. The lowest BCUT2D eigenvalue weighted by molar-refractivity contribution is 0.242. The van der Waals surface area contributed by atoms with E-state index in [-0.39, 0.29) is 10.9 Å². The molecule has 0 aliphatic carbocycles. The van der Waals surface area contributed by atoms with Crippen LogP contribution in [-0.4, -0.2) is 41.2 Å². The van der Waals surface area contributed by atoms with E-state index in [9.17, 15) is 13.5 Å². The number of halogens is 1. The molecule has 1 N–H and O–H groups in total. The Morgan fingerprint density at radius 2 is 2.17 bits per heavy atom. The summed E-state index contributed by atoms with van der Waals surface area (Å²) in [5.41, 5.74) is 2.65. The van der Waals surface area contributed by atoms with Crippen molar-refractivity contribution in [3.8, 4) is 5.75 Å². The summed E-state index contributed by atoms with van der Waals surface area (Å²) in [6.45, 7) is 2.04. The molecule has 0 saturated heterocycles. The maximum absolute atomic E-state index is 11.5. The topological polar surface area (TPSA) is 83.4 Å². The van der Waals surface area contributed by atoms with E-state index in [0.717, 1.165) is 29.6 Å². The number of phenolic OH excluding ortho intramolecular Hbond substituents is 1. The van der Waals surface area contributed by atoms with Gasteiger partial charge in [0.25, 0.3) is 0 Å². The van der Waals surface area contributed by atoms with Crippen molar-refractivity contribution in [3.05, 3.63) is 46.2 Å². The molecule has 0 saturated carbocycles. The summed E-state index contributed by atoms with van der Waals surface area (Å²) in [6.07, 6.45) is 3.36. The summed E-state index contributed by atoms with van der Waals surface area (Å²) < 4.78 is 23.0. The van der Waals surface area contributed by atoms with Gasteiger partial charge in [0, 0.05) is 49.1 Å². The lowest BCUT2D eigenvalue weighted by atomic mass is 10.1. The smallest absolute Gasteiger partial charge is 0.246 e. The molecule has 0 amide bonds. The summed E-state index contributed by atoms with van der Waals surface area (Å²) in [4.78, 5) is 10.3. The van der Waals surface area contributed by atoms with Gasteiger partial charge in [-0.15, -0.1) is 0 Å². The molecule has 2 heterocycles. The molecule has 0 spiro atoms. The van der Waals surface area contributed by atoms with Crippen LogP contribution in [0.15, 0.2) is 29.6 Å². The van der Waals surface area contributed by atoms with Crippen LogP contribution < -0.4 is 0 Å². The van der Waals surface area contributed by atoms with Gasteiger partial charge in [-0.05, 0) is 17.7 Å². The molecule has 2 aromatic rings. The van der Waals surface area contributed by atoms with Crippen molar-refractivity contribution in [2.24, 2.45) is 0 Å². The Labute approximate surface area is 139 Å². The first-order chi connectivity index (χ1) is 10.8. The summed E-state index contributed by atoms with van der Waals surface area (Å²) in [6, 6.07) is 4.94. The number of hydrogen-bond donors (Lipinski definition) is 1. The van der Waals surface area contributed by atoms with Crippen LogP contribution in [0.5, 0.6) is 5.75 Å². The molecule has 0 bridgehead atoms. The third kappa shape index (κ3) is 3.63. The number of fused-ring (bicyclic) bond motifs is 1. The minimum atomic E-state index is -3.39. The van der Waals surface area contributed by atoms with Crippen LogP contribution in [0.4, 0.5) is 0 Å². The maximum atomic E-state index is 11.5. The third-order valence-corrected chi connectivity index (χ3v) is 4.96. The van der Waals surface area contributed by atoms with E-state index in [0.29, 0.717) is 24.5 Å². The molecule has 1 aliphatic rings. The predicted octanol–water partition coefficient (Wildman–Crippen LogP) is 1.80. The number of nitrogens with zero attached hydrogens (tertiary/aromatic N) is 3. The van der Waals surface area contributed by atoms with E-state index in [1.54, 1.807) is 18.3 Å². The molecule has 0 atom stereocenters. The molecule has 1 aromatic carbocycles. The quantitative estimate of drug-likeness (QED) is 0.847. The van der Waals surface area contributed by atoms with Crippen molar-refractivity contribution in [1.29, 1.82) is 0 Å². The van der Waals surface area contributed by atoms with E-state index in [4.69, 9.17) is 11.6 Å². The summed E-state index contributed by atoms with van der Waals surface area (Å²) >= 11 is 6.14. The number of benzene rings is 1. The molecule has 0 radical (unpaired) electrons. The van der Waals surface area contributed by atoms with Gasteiger partial charge in [0.2, 0.25) is 15.0 Å². The fraction of sp³-hybridized carbons (Fsp3) is 0.333. The molecule has 0 fully saturated rings. The summed E-state index contributed by atoms with van der Waals surface area (Å²) in [5.74, 6) is 0.143. The monoisotopic (exact) mass is 353 g/mol. The SMILES string of the molecule is CS(=O)(=O)c1ncc2c(n1)CCN(Cc1ccc(O)cc1Cl)C2. The molecule has 0 unspecified atom stereocenters. The lowest BCUT2D eigenvalue weighted by Gasteiger charge is -2.28. The van der Waals surface area contributed by atoms with Gasteiger partial charge in [-0.25, -0.2) is 18.4 Å². The third-order valence-electron chi connectivity index (χ3n) is 3.75. The molecule has 1 aromatic heterocycles. The molecule has 8 heteroatoms. The van der Waals surface area contributed by atoms with Crippen molar-refractivity contribution in [1.82, 2.24) is 14.9 Å². The number of rotatable bonds is 3. The Bertz CT molecular complexity index is 855. The normalized spacial score (nSPS) is 15.4. The number of sulfone groups is 1. The zero-order valence-corrected chi connectivity index (χ0v) is 14.1. The van der Waals surface area contributed by atoms with Crippen LogP contribution >= 0.6 is 11.6 Å². The van der Waals surface area contributed by atoms with E-state index >= 15 is 0 Å². The second-order valence-corrected chi connectivity index (χ2v) is 7.95. The highest BCUT2D eigenvalue weighted by molar-refractivity contribution is 7.90. The average Bonchev–Trinajstić information content (AvgIpc) is 2.48. The highest BCUT2D eigenvalue weighted by atomic mass is 35.5. The number of hydrogen-bond acceptors (Lipinski definition) is 6. The average molecular weight is 354 g/mol. The second-order valence-electron chi connectivity index (χ2n) is 5.63. The first-order valence-corrected chi connectivity index (χ1v) is 9.34. The van der Waals surface area contributed by atoms with Crippen LogP contribution in [0.2, 0.25) is 5.02 Å². The van der Waals surface area contributed by atoms with E-state index in [1.807, 2.05) is 0 Å². The zero-order valence-electron chi connectivity index (χ0n) is 12.5. The standard InChI is InChI=1S/C15H16ClN3O3S/c1-23(21,22)15-17-7-11-9-19(5-4-14(11)18-15)8-10-2-3-12(20)6-13(10)16/h2-3,6-7,20H,4-5,8-9H2,1H3. The van der Waals surface area contributed by atoms with Gasteiger partial charge >= 0.3 is 0 Å². The number of phenols is 1. The van der Waals surface area contributed by atoms with Crippen LogP contribution in [-0.2, 0) is 29.3 Å². The van der Waals surface area contributed by atoms with Crippen LogP contribution in [0.25, 0.3) is 0 Å². The lowest BCUT2D eigenvalue weighted by Crippen LogP contribution is -2.31. The fourth-order valence-corrected chi connectivity index (χ4v) is 3.33.